The lowest BCUT2D eigenvalue weighted by Gasteiger charge is -2.49. The van der Waals surface area contributed by atoms with Crippen molar-refractivity contribution in [3.63, 3.8) is 0 Å². The zero-order chi connectivity index (χ0) is 30.6. The number of halogens is 1. The summed E-state index contributed by atoms with van der Waals surface area (Å²) >= 11 is 7.53. The predicted octanol–water partition coefficient (Wildman–Crippen LogP) is 5.13. The molecular weight excluding hydrogens is 752 g/mol. The summed E-state index contributed by atoms with van der Waals surface area (Å²) in [7, 11) is 0. The van der Waals surface area contributed by atoms with Gasteiger partial charge in [0, 0.05) is 16.9 Å². The van der Waals surface area contributed by atoms with Gasteiger partial charge in [-0.2, -0.15) is 0 Å². The third kappa shape index (κ3) is 6.42. The van der Waals surface area contributed by atoms with Gasteiger partial charge in [0.15, 0.2) is 15.6 Å². The Kier molecular flexibility index (Phi) is 9.65. The van der Waals surface area contributed by atoms with E-state index in [1.807, 2.05) is 83.3 Å². The highest BCUT2D eigenvalue weighted by Gasteiger charge is 2.54. The van der Waals surface area contributed by atoms with Crippen LogP contribution in [0.5, 0.6) is 0 Å². The van der Waals surface area contributed by atoms with Crippen LogP contribution in [0.1, 0.15) is 22.9 Å². The third-order valence-corrected chi connectivity index (χ3v) is 11.4. The normalized spacial score (nSPS) is 18.2. The zero-order valence-electron chi connectivity index (χ0n) is 22.7. The molecule has 4 aromatic rings. The maximum absolute atomic E-state index is 14.1. The van der Waals surface area contributed by atoms with Crippen molar-refractivity contribution in [2.75, 3.05) is 17.2 Å². The van der Waals surface area contributed by atoms with Crippen molar-refractivity contribution >= 4 is 97.3 Å². The van der Waals surface area contributed by atoms with Gasteiger partial charge < -0.3 is 15.8 Å². The number of anilines is 1. The van der Waals surface area contributed by atoms with E-state index in [1.54, 1.807) is 15.0 Å². The highest BCUT2D eigenvalue weighted by atomic mass is 127. The number of hydrogen-bond acceptors (Lipinski definition) is 12. The van der Waals surface area contributed by atoms with Gasteiger partial charge in [0.1, 0.15) is 22.6 Å². The Morgan fingerprint density at radius 1 is 1.14 bits per heavy atom. The van der Waals surface area contributed by atoms with Gasteiger partial charge in [-0.05, 0) is 20.8 Å². The van der Waals surface area contributed by atoms with Crippen LogP contribution in [0.3, 0.4) is 0 Å². The quantitative estimate of drug-likeness (QED) is 0.0733. The molecule has 1 fully saturated rings. The number of nitrogen functional groups attached to an aromatic ring is 1. The number of nitrogens with one attached hydrogen (secondary N) is 1. The minimum absolute atomic E-state index is 0.204. The number of aromatic nitrogens is 3. The number of benzene rings is 2. The molecule has 1 unspecified atom stereocenters. The van der Waals surface area contributed by atoms with Gasteiger partial charge in [0.2, 0.25) is 0 Å². The Labute approximate surface area is 282 Å². The monoisotopic (exact) mass is 774 g/mol. The van der Waals surface area contributed by atoms with Crippen molar-refractivity contribution in [1.29, 1.82) is 0 Å². The molecule has 0 aliphatic carbocycles. The number of amides is 2. The molecule has 2 aromatic heterocycles. The number of nitrogens with zero attached hydrogens (tertiary/aromatic N) is 4. The van der Waals surface area contributed by atoms with Gasteiger partial charge in [-0.3, -0.25) is 14.5 Å². The van der Waals surface area contributed by atoms with Crippen LogP contribution >= 0.6 is 68.8 Å². The van der Waals surface area contributed by atoms with Crippen LogP contribution in [0.2, 0.25) is 0 Å². The number of rotatable bonds is 10. The average molecular weight is 775 g/mol. The third-order valence-electron chi connectivity index (χ3n) is 6.82. The van der Waals surface area contributed by atoms with Crippen LogP contribution in [0.15, 0.2) is 91.2 Å². The highest BCUT2D eigenvalue weighted by Crippen LogP contribution is 2.43. The molecule has 2 aromatic carbocycles. The summed E-state index contributed by atoms with van der Waals surface area (Å²) in [6.45, 7) is 0. The molecule has 4 heterocycles. The van der Waals surface area contributed by atoms with Gasteiger partial charge in [0.25, 0.3) is 11.8 Å². The molecule has 2 aliphatic rings. The molecule has 3 N–H and O–H groups in total. The second kappa shape index (κ2) is 13.8. The lowest BCUT2D eigenvalue weighted by molar-refractivity contribution is -0.154. The predicted molar refractivity (Wildman–Crippen MR) is 182 cm³/mol. The Morgan fingerprint density at radius 2 is 1.84 bits per heavy atom. The molecule has 1 saturated heterocycles. The molecule has 15 heteroatoms. The van der Waals surface area contributed by atoms with E-state index in [-0.39, 0.29) is 11.6 Å². The number of ether oxygens (including phenoxy) is 1. The van der Waals surface area contributed by atoms with Crippen molar-refractivity contribution in [1.82, 2.24) is 25.4 Å². The fourth-order valence-corrected chi connectivity index (χ4v) is 8.89. The van der Waals surface area contributed by atoms with Crippen LogP contribution in [-0.2, 0) is 19.1 Å². The molecule has 2 aliphatic heterocycles. The van der Waals surface area contributed by atoms with Crippen LogP contribution < -0.4 is 11.1 Å². The Hall–Kier alpha value is -3.25. The summed E-state index contributed by atoms with van der Waals surface area (Å²) in [5.74, 6) is -0.542. The maximum atomic E-state index is 14.1. The number of thioether (sulfide) groups is 2. The van der Waals surface area contributed by atoms with E-state index in [2.05, 4.69) is 20.5 Å². The van der Waals surface area contributed by atoms with E-state index in [0.717, 1.165) is 21.0 Å². The van der Waals surface area contributed by atoms with Crippen molar-refractivity contribution in [2.45, 2.75) is 21.9 Å². The second-order valence-corrected chi connectivity index (χ2v) is 14.2. The topological polar surface area (TPSA) is 140 Å². The summed E-state index contributed by atoms with van der Waals surface area (Å²) < 4.78 is 8.57. The lowest BCUT2D eigenvalue weighted by atomic mass is 10.0. The largest absolute Gasteiger partial charge is 0.448 e. The molecule has 224 valence electrons. The number of esters is 1. The van der Waals surface area contributed by atoms with Crippen LogP contribution in [0.4, 0.5) is 5.13 Å². The molecule has 44 heavy (non-hydrogen) atoms. The first-order chi connectivity index (χ1) is 21.4. The zero-order valence-corrected chi connectivity index (χ0v) is 28.1. The van der Waals surface area contributed by atoms with Crippen LogP contribution in [-0.4, -0.2) is 60.8 Å². The fraction of sp³-hybridized carbons (Fsp3) is 0.172. The van der Waals surface area contributed by atoms with E-state index in [1.165, 1.54) is 51.1 Å². The Bertz CT molecular complexity index is 1690. The molecule has 10 nitrogen and oxygen atoms in total. The lowest BCUT2D eigenvalue weighted by Crippen LogP contribution is -2.70. The van der Waals surface area contributed by atoms with E-state index in [0.29, 0.717) is 27.9 Å². The fourth-order valence-electron chi connectivity index (χ4n) is 4.76. The number of carbonyl (C=O) groups excluding carboxylic acids is 3. The van der Waals surface area contributed by atoms with Crippen molar-refractivity contribution in [3.05, 3.63) is 104 Å². The van der Waals surface area contributed by atoms with E-state index < -0.39 is 29.4 Å². The van der Waals surface area contributed by atoms with Gasteiger partial charge >= 0.3 is 5.97 Å². The summed E-state index contributed by atoms with van der Waals surface area (Å²) in [5.41, 5.74) is 10.7. The first-order valence-electron chi connectivity index (χ1n) is 13.1. The van der Waals surface area contributed by atoms with E-state index in [4.69, 9.17) is 10.5 Å². The number of hydrogen-bond donors (Lipinski definition) is 2. The molecular formula is C29H23IN6O4S4. The molecule has 2 atom stereocenters. The minimum atomic E-state index is -0.825. The molecule has 6 rings (SSSR count). The number of β-lactam (4-membered cyclic amide) rings is 1. The van der Waals surface area contributed by atoms with E-state index in [9.17, 15) is 14.4 Å². The standard InChI is InChI=1S/C29H23IN6O4S4/c30-11-19(20-14-42-28(31)33-20)24(37)34-21-25(38)36-22(18(12-41-26(21)36)13-43-29-35-32-15-44-29)27(39)40-23(16-7-3-1-4-8-16)17-9-5-2-6-10-17/h1-11,14-15,21,23,26H,12-13H2,(H2,31,33)(H,34,37)/t21?,26-/m0/s1. The number of thiazole rings is 1. The van der Waals surface area contributed by atoms with Crippen molar-refractivity contribution in [2.24, 2.45) is 0 Å². The number of carbonyl (C=O) groups is 3. The SMILES string of the molecule is Nc1nc(C(=CI)C(=O)NC2C(=O)N3C(C(=O)OC(c4ccccc4)c4ccccc4)=C(CSc4nncs4)CS[C@@H]23)cs1. The summed E-state index contributed by atoms with van der Waals surface area (Å²) in [5, 5.41) is 12.4. The van der Waals surface area contributed by atoms with Gasteiger partial charge in [-0.1, -0.05) is 106 Å². The first kappa shape index (κ1) is 30.8. The Morgan fingerprint density at radius 3 is 2.43 bits per heavy atom. The summed E-state index contributed by atoms with van der Waals surface area (Å²) in [6.07, 6.45) is -0.684. The number of fused-ring (bicyclic) bond motifs is 1. The van der Waals surface area contributed by atoms with Crippen LogP contribution in [0, 0.1) is 0 Å². The molecule has 0 bridgehead atoms. The van der Waals surface area contributed by atoms with Crippen molar-refractivity contribution in [3.8, 4) is 0 Å². The minimum Gasteiger partial charge on any atom is -0.448 e. The Balaban J connectivity index is 1.28. The second-order valence-electron chi connectivity index (χ2n) is 9.51. The first-order valence-corrected chi connectivity index (χ1v) is 18.2. The molecule has 0 spiro atoms. The molecule has 2 amide bonds. The van der Waals surface area contributed by atoms with E-state index >= 15 is 0 Å². The number of nitrogens with two attached hydrogens (primary N) is 1. The highest BCUT2D eigenvalue weighted by molar-refractivity contribution is 14.1. The summed E-state index contributed by atoms with van der Waals surface area (Å²) in [4.78, 5) is 46.7. The van der Waals surface area contributed by atoms with Gasteiger partial charge in [-0.25, -0.2) is 9.78 Å². The van der Waals surface area contributed by atoms with Crippen molar-refractivity contribution < 1.29 is 19.1 Å². The average Bonchev–Trinajstić information content (AvgIpc) is 3.74. The van der Waals surface area contributed by atoms with Crippen LogP contribution in [0.25, 0.3) is 5.57 Å². The molecule has 0 radical (unpaired) electrons. The van der Waals surface area contributed by atoms with Gasteiger partial charge in [0.05, 0.1) is 11.3 Å². The van der Waals surface area contributed by atoms with Gasteiger partial charge in [-0.15, -0.1) is 33.3 Å². The summed E-state index contributed by atoms with van der Waals surface area (Å²) in [6, 6.07) is 18.1. The molecule has 0 saturated carbocycles. The smallest absolute Gasteiger partial charge is 0.356 e. The maximum Gasteiger partial charge on any atom is 0.356 e.